The van der Waals surface area contributed by atoms with Gasteiger partial charge < -0.3 is 9.84 Å². The Kier molecular flexibility index (Phi) is 3.53. The number of methoxy groups -OCH3 is 1. The summed E-state index contributed by atoms with van der Waals surface area (Å²) in [5, 5.41) is 10.8. The Labute approximate surface area is 89.5 Å². The van der Waals surface area contributed by atoms with E-state index in [1.165, 1.54) is 0 Å². The number of hydrogen-bond donors (Lipinski definition) is 1. The third kappa shape index (κ3) is 2.27. The van der Waals surface area contributed by atoms with Gasteiger partial charge in [-0.2, -0.15) is 0 Å². The van der Waals surface area contributed by atoms with E-state index in [0.717, 1.165) is 5.56 Å². The summed E-state index contributed by atoms with van der Waals surface area (Å²) < 4.78 is 5.12. The van der Waals surface area contributed by atoms with Crippen molar-refractivity contribution in [2.24, 2.45) is 0 Å². The number of aliphatic hydroxyl groups is 1. The van der Waals surface area contributed by atoms with E-state index in [2.05, 4.69) is 0 Å². The molecule has 2 atom stereocenters. The molecule has 0 fully saturated rings. The first-order valence-corrected chi connectivity index (χ1v) is 4.87. The van der Waals surface area contributed by atoms with Crippen LogP contribution in [0.5, 0.6) is 0 Å². The molecule has 1 aromatic rings. The van der Waals surface area contributed by atoms with Crippen molar-refractivity contribution in [2.45, 2.75) is 25.6 Å². The van der Waals surface area contributed by atoms with Crippen LogP contribution >= 0.6 is 11.6 Å². The minimum absolute atomic E-state index is 0.277. The molecular weight excluding hydrogens is 200 g/mol. The van der Waals surface area contributed by atoms with Crippen molar-refractivity contribution < 1.29 is 9.84 Å². The van der Waals surface area contributed by atoms with Gasteiger partial charge >= 0.3 is 0 Å². The number of ether oxygens (including phenoxy) is 1. The summed E-state index contributed by atoms with van der Waals surface area (Å²) in [6.07, 6.45) is -0.277. The van der Waals surface area contributed by atoms with Gasteiger partial charge in [0.2, 0.25) is 0 Å². The third-order valence-corrected chi connectivity index (χ3v) is 2.79. The van der Waals surface area contributed by atoms with E-state index < -0.39 is 5.60 Å². The second kappa shape index (κ2) is 4.30. The fraction of sp³-hybridized carbons (Fsp3) is 0.455. The van der Waals surface area contributed by atoms with E-state index in [1.54, 1.807) is 26.2 Å². The van der Waals surface area contributed by atoms with Crippen LogP contribution in [0.25, 0.3) is 0 Å². The monoisotopic (exact) mass is 214 g/mol. The summed E-state index contributed by atoms with van der Waals surface area (Å²) >= 11 is 5.85. The molecule has 1 N–H and O–H groups in total. The number of benzene rings is 1. The Morgan fingerprint density at radius 1 is 1.50 bits per heavy atom. The third-order valence-electron chi connectivity index (χ3n) is 2.55. The zero-order chi connectivity index (χ0) is 10.8. The van der Waals surface area contributed by atoms with Crippen molar-refractivity contribution >= 4 is 11.6 Å². The molecule has 2 nitrogen and oxygen atoms in total. The topological polar surface area (TPSA) is 29.5 Å². The van der Waals surface area contributed by atoms with Gasteiger partial charge in [0.25, 0.3) is 0 Å². The van der Waals surface area contributed by atoms with Crippen LogP contribution in [-0.4, -0.2) is 18.3 Å². The molecule has 0 heterocycles. The summed E-state index contributed by atoms with van der Waals surface area (Å²) in [5.74, 6) is 0. The van der Waals surface area contributed by atoms with Crippen molar-refractivity contribution in [1.29, 1.82) is 0 Å². The predicted molar refractivity (Wildman–Crippen MR) is 57.5 cm³/mol. The molecule has 0 aliphatic heterocycles. The Morgan fingerprint density at radius 2 is 2.14 bits per heavy atom. The van der Waals surface area contributed by atoms with E-state index in [9.17, 15) is 5.11 Å². The zero-order valence-corrected chi connectivity index (χ0v) is 9.38. The first-order chi connectivity index (χ1) is 6.48. The van der Waals surface area contributed by atoms with Gasteiger partial charge in [0.15, 0.2) is 0 Å². The van der Waals surface area contributed by atoms with Crippen LogP contribution in [0.2, 0.25) is 5.02 Å². The fourth-order valence-corrected chi connectivity index (χ4v) is 1.46. The summed E-state index contributed by atoms with van der Waals surface area (Å²) in [7, 11) is 1.57. The molecule has 0 aromatic heterocycles. The molecule has 78 valence electrons. The van der Waals surface area contributed by atoms with Crippen LogP contribution in [-0.2, 0) is 10.3 Å². The highest BCUT2D eigenvalue weighted by Crippen LogP contribution is 2.27. The fourth-order valence-electron chi connectivity index (χ4n) is 1.27. The van der Waals surface area contributed by atoms with Gasteiger partial charge in [0.1, 0.15) is 5.60 Å². The predicted octanol–water partition coefficient (Wildman–Crippen LogP) is 2.58. The second-order valence-electron chi connectivity index (χ2n) is 3.54. The molecule has 1 rings (SSSR count). The first-order valence-electron chi connectivity index (χ1n) is 4.49. The van der Waals surface area contributed by atoms with Gasteiger partial charge in [-0.1, -0.05) is 23.7 Å². The van der Waals surface area contributed by atoms with E-state index in [1.807, 2.05) is 19.1 Å². The number of hydrogen-bond acceptors (Lipinski definition) is 2. The van der Waals surface area contributed by atoms with E-state index in [-0.39, 0.29) is 6.10 Å². The lowest BCUT2D eigenvalue weighted by molar-refractivity contribution is -0.0771. The lowest BCUT2D eigenvalue weighted by Crippen LogP contribution is -2.35. The average Bonchev–Trinajstić information content (AvgIpc) is 2.16. The maximum absolute atomic E-state index is 10.2. The SMILES string of the molecule is COC(C)C(C)(O)c1cccc(Cl)c1. The largest absolute Gasteiger partial charge is 0.383 e. The Hall–Kier alpha value is -0.570. The zero-order valence-electron chi connectivity index (χ0n) is 8.62. The summed E-state index contributed by atoms with van der Waals surface area (Å²) in [5.41, 5.74) is -0.251. The molecule has 0 amide bonds. The molecule has 14 heavy (non-hydrogen) atoms. The number of halogens is 1. The maximum atomic E-state index is 10.2. The second-order valence-corrected chi connectivity index (χ2v) is 3.97. The Bertz CT molecular complexity index is 310. The van der Waals surface area contributed by atoms with Crippen LogP contribution in [0.3, 0.4) is 0 Å². The minimum Gasteiger partial charge on any atom is -0.383 e. The van der Waals surface area contributed by atoms with Crippen LogP contribution in [0.4, 0.5) is 0 Å². The summed E-state index contributed by atoms with van der Waals surface area (Å²) in [4.78, 5) is 0. The van der Waals surface area contributed by atoms with Crippen LogP contribution in [0.15, 0.2) is 24.3 Å². The van der Waals surface area contributed by atoms with Gasteiger partial charge in [-0.15, -0.1) is 0 Å². The highest BCUT2D eigenvalue weighted by Gasteiger charge is 2.30. The molecule has 0 saturated carbocycles. The van der Waals surface area contributed by atoms with Crippen molar-refractivity contribution in [3.05, 3.63) is 34.9 Å². The van der Waals surface area contributed by atoms with E-state index in [0.29, 0.717) is 5.02 Å². The summed E-state index contributed by atoms with van der Waals surface area (Å²) in [6.45, 7) is 3.54. The number of rotatable bonds is 3. The van der Waals surface area contributed by atoms with Gasteiger partial charge in [0.05, 0.1) is 6.10 Å². The smallest absolute Gasteiger partial charge is 0.113 e. The molecular formula is C11H15ClO2. The van der Waals surface area contributed by atoms with Crippen molar-refractivity contribution in [3.63, 3.8) is 0 Å². The lowest BCUT2D eigenvalue weighted by atomic mass is 9.91. The van der Waals surface area contributed by atoms with Gasteiger partial charge in [-0.3, -0.25) is 0 Å². The van der Waals surface area contributed by atoms with Gasteiger partial charge in [-0.05, 0) is 31.5 Å². The lowest BCUT2D eigenvalue weighted by Gasteiger charge is -2.29. The Morgan fingerprint density at radius 3 is 2.64 bits per heavy atom. The van der Waals surface area contributed by atoms with Crippen molar-refractivity contribution in [3.8, 4) is 0 Å². The molecule has 1 aromatic carbocycles. The minimum atomic E-state index is -1.01. The normalized spacial score (nSPS) is 17.5. The molecule has 0 aliphatic carbocycles. The molecule has 0 radical (unpaired) electrons. The van der Waals surface area contributed by atoms with E-state index in [4.69, 9.17) is 16.3 Å². The van der Waals surface area contributed by atoms with E-state index >= 15 is 0 Å². The molecule has 0 spiro atoms. The molecule has 0 saturated heterocycles. The molecule has 0 aliphatic rings. The first kappa shape index (κ1) is 11.5. The molecule has 2 unspecified atom stereocenters. The molecule has 0 bridgehead atoms. The van der Waals surface area contributed by atoms with Crippen LogP contribution < -0.4 is 0 Å². The Balaban J connectivity index is 3.03. The quantitative estimate of drug-likeness (QED) is 0.838. The van der Waals surface area contributed by atoms with Crippen molar-refractivity contribution in [1.82, 2.24) is 0 Å². The van der Waals surface area contributed by atoms with Crippen molar-refractivity contribution in [2.75, 3.05) is 7.11 Å². The van der Waals surface area contributed by atoms with Gasteiger partial charge in [0, 0.05) is 12.1 Å². The van der Waals surface area contributed by atoms with Gasteiger partial charge in [-0.25, -0.2) is 0 Å². The summed E-state index contributed by atoms with van der Waals surface area (Å²) in [6, 6.07) is 7.17. The highest BCUT2D eigenvalue weighted by molar-refractivity contribution is 6.30. The molecule has 3 heteroatoms. The van der Waals surface area contributed by atoms with Crippen LogP contribution in [0.1, 0.15) is 19.4 Å². The van der Waals surface area contributed by atoms with Crippen LogP contribution in [0, 0.1) is 0 Å². The average molecular weight is 215 g/mol. The maximum Gasteiger partial charge on any atom is 0.113 e. The highest BCUT2D eigenvalue weighted by atomic mass is 35.5. The standard InChI is InChI=1S/C11H15ClO2/c1-8(14-3)11(2,13)9-5-4-6-10(12)7-9/h4-8,13H,1-3H3.